The summed E-state index contributed by atoms with van der Waals surface area (Å²) in [5.74, 6) is -1.46. The maximum atomic E-state index is 13.3. The zero-order valence-electron chi connectivity index (χ0n) is 18.5. The minimum atomic E-state index is -0.702. The molecule has 0 saturated carbocycles. The number of fused-ring (bicyclic) bond motifs is 2. The number of para-hydroxylation sites is 2. The topological polar surface area (TPSA) is 98.4 Å². The molecular formula is C26H25N3O4. The van der Waals surface area contributed by atoms with Crippen LogP contribution in [0.2, 0.25) is 0 Å². The molecule has 1 fully saturated rings. The average Bonchev–Trinajstić information content (AvgIpc) is 3.46. The molecule has 1 unspecified atom stereocenters. The smallest absolute Gasteiger partial charge is 0.295 e. The molecule has 1 aliphatic heterocycles. The van der Waals surface area contributed by atoms with Crippen molar-refractivity contribution in [1.82, 2.24) is 14.9 Å². The third-order valence-electron chi connectivity index (χ3n) is 6.35. The first-order valence-electron chi connectivity index (χ1n) is 10.9. The van der Waals surface area contributed by atoms with Crippen LogP contribution >= 0.6 is 0 Å². The van der Waals surface area contributed by atoms with Gasteiger partial charge < -0.3 is 24.7 Å². The summed E-state index contributed by atoms with van der Waals surface area (Å²) in [5, 5.41) is 13.1. The van der Waals surface area contributed by atoms with Gasteiger partial charge in [0.05, 0.1) is 11.6 Å². The quantitative estimate of drug-likeness (QED) is 0.178. The number of aromatic amines is 2. The Labute approximate surface area is 190 Å². The number of nitrogens with one attached hydrogen (secondary N) is 2. The van der Waals surface area contributed by atoms with Crippen molar-refractivity contribution in [3.05, 3.63) is 77.1 Å². The number of nitrogens with zero attached hydrogens (tertiary/aromatic N) is 1. The van der Waals surface area contributed by atoms with Crippen molar-refractivity contribution in [2.75, 3.05) is 20.3 Å². The highest BCUT2D eigenvalue weighted by atomic mass is 16.5. The number of carbonyl (C=O) groups excluding carboxylic acids is 2. The highest BCUT2D eigenvalue weighted by Gasteiger charge is 2.47. The molecule has 0 radical (unpaired) electrons. The van der Waals surface area contributed by atoms with Crippen molar-refractivity contribution in [1.29, 1.82) is 0 Å². The largest absolute Gasteiger partial charge is 0.507 e. The zero-order chi connectivity index (χ0) is 23.1. The van der Waals surface area contributed by atoms with Crippen LogP contribution in [0, 0.1) is 6.92 Å². The number of rotatable bonds is 6. The fraction of sp³-hybridized carbons (Fsp3) is 0.231. The third-order valence-corrected chi connectivity index (χ3v) is 6.35. The predicted octanol–water partition coefficient (Wildman–Crippen LogP) is 4.42. The average molecular weight is 444 g/mol. The molecule has 2 aromatic carbocycles. The number of carbonyl (C=O) groups is 2. The van der Waals surface area contributed by atoms with Crippen molar-refractivity contribution in [3.63, 3.8) is 0 Å². The standard InChI is InChI=1S/C26H25N3O4/c1-15-21(17-9-4-6-11-20(17)28-15)23-22(25(31)26(32)29(23)12-7-13-33-2)24(30)18-14-27-19-10-5-3-8-16(18)19/h3-6,8-11,14,23,27-28,30H,7,12-13H2,1-2H3/b24-22+. The molecule has 0 aliphatic carbocycles. The van der Waals surface area contributed by atoms with Crippen molar-refractivity contribution >= 4 is 39.3 Å². The molecule has 1 atom stereocenters. The van der Waals surface area contributed by atoms with Crippen LogP contribution in [0.4, 0.5) is 0 Å². The minimum absolute atomic E-state index is 0.107. The summed E-state index contributed by atoms with van der Waals surface area (Å²) >= 11 is 0. The SMILES string of the molecule is COCCCN1C(=O)C(=O)/C(=C(/O)c2c[nH]c3ccccc23)C1c1c(C)[nH]c2ccccc12. The number of aliphatic hydroxyl groups is 1. The van der Waals surface area contributed by atoms with Gasteiger partial charge in [0.1, 0.15) is 5.76 Å². The van der Waals surface area contributed by atoms with Crippen molar-refractivity contribution < 1.29 is 19.4 Å². The molecule has 5 rings (SSSR count). The fourth-order valence-electron chi connectivity index (χ4n) is 4.85. The van der Waals surface area contributed by atoms with E-state index in [1.54, 1.807) is 18.2 Å². The van der Waals surface area contributed by atoms with Gasteiger partial charge in [-0.15, -0.1) is 0 Å². The Kier molecular flexibility index (Phi) is 5.26. The molecule has 33 heavy (non-hydrogen) atoms. The van der Waals surface area contributed by atoms with E-state index >= 15 is 0 Å². The molecule has 7 heteroatoms. The number of aliphatic hydroxyl groups excluding tert-OH is 1. The summed E-state index contributed by atoms with van der Waals surface area (Å²) in [6.45, 7) is 2.73. The number of aryl methyl sites for hydroxylation is 1. The van der Waals surface area contributed by atoms with Gasteiger partial charge in [0, 0.05) is 65.1 Å². The second-order valence-corrected chi connectivity index (χ2v) is 8.30. The van der Waals surface area contributed by atoms with Crippen LogP contribution in [0.15, 0.2) is 60.3 Å². The van der Waals surface area contributed by atoms with E-state index in [1.165, 1.54) is 0 Å². The number of methoxy groups -OCH3 is 1. The minimum Gasteiger partial charge on any atom is -0.507 e. The zero-order valence-corrected chi connectivity index (χ0v) is 18.5. The highest BCUT2D eigenvalue weighted by Crippen LogP contribution is 2.44. The summed E-state index contributed by atoms with van der Waals surface area (Å²) in [4.78, 5) is 34.5. The van der Waals surface area contributed by atoms with Crippen LogP contribution in [-0.4, -0.2) is 51.9 Å². The number of Topliss-reactive ketones (excluding diaryl/α,β-unsaturated/α-hetero) is 1. The second-order valence-electron chi connectivity index (χ2n) is 8.30. The summed E-state index contributed by atoms with van der Waals surface area (Å²) in [6, 6.07) is 14.6. The molecule has 4 aromatic rings. The second kappa shape index (κ2) is 8.26. The van der Waals surface area contributed by atoms with E-state index in [9.17, 15) is 14.7 Å². The lowest BCUT2D eigenvalue weighted by atomic mass is 9.93. The Morgan fingerprint density at radius 2 is 1.76 bits per heavy atom. The van der Waals surface area contributed by atoms with Gasteiger partial charge in [-0.25, -0.2) is 0 Å². The third kappa shape index (κ3) is 3.32. The molecule has 3 heterocycles. The van der Waals surface area contributed by atoms with Crippen LogP contribution in [0.1, 0.15) is 29.3 Å². The molecule has 168 valence electrons. The van der Waals surface area contributed by atoms with E-state index in [-0.39, 0.29) is 11.3 Å². The number of hydrogen-bond acceptors (Lipinski definition) is 4. The van der Waals surface area contributed by atoms with E-state index in [4.69, 9.17) is 4.74 Å². The first kappa shape index (κ1) is 21.0. The van der Waals surface area contributed by atoms with Gasteiger partial charge in [-0.3, -0.25) is 9.59 Å². The van der Waals surface area contributed by atoms with Gasteiger partial charge >= 0.3 is 0 Å². The Morgan fingerprint density at radius 1 is 1.06 bits per heavy atom. The lowest BCUT2D eigenvalue weighted by Crippen LogP contribution is -2.31. The van der Waals surface area contributed by atoms with Crippen LogP contribution in [-0.2, 0) is 14.3 Å². The molecule has 1 amide bonds. The number of H-pyrrole nitrogens is 2. The van der Waals surface area contributed by atoms with Crippen molar-refractivity contribution in [2.45, 2.75) is 19.4 Å². The first-order chi connectivity index (χ1) is 16.0. The van der Waals surface area contributed by atoms with Crippen molar-refractivity contribution in [2.24, 2.45) is 0 Å². The van der Waals surface area contributed by atoms with Crippen LogP contribution in [0.25, 0.3) is 27.6 Å². The number of hydrogen-bond donors (Lipinski definition) is 3. The molecule has 0 spiro atoms. The number of ketones is 1. The van der Waals surface area contributed by atoms with Gasteiger partial charge in [-0.1, -0.05) is 36.4 Å². The maximum absolute atomic E-state index is 13.3. The van der Waals surface area contributed by atoms with Gasteiger partial charge in [-0.2, -0.15) is 0 Å². The Morgan fingerprint density at radius 3 is 2.52 bits per heavy atom. The Bertz CT molecular complexity index is 1410. The lowest BCUT2D eigenvalue weighted by Gasteiger charge is -2.25. The number of aromatic nitrogens is 2. The molecule has 1 aliphatic rings. The molecular weight excluding hydrogens is 418 g/mol. The van der Waals surface area contributed by atoms with Gasteiger partial charge in [0.25, 0.3) is 11.7 Å². The number of benzene rings is 2. The van der Waals surface area contributed by atoms with E-state index in [0.29, 0.717) is 25.1 Å². The summed E-state index contributed by atoms with van der Waals surface area (Å²) < 4.78 is 5.17. The summed E-state index contributed by atoms with van der Waals surface area (Å²) in [5.41, 5.74) is 4.04. The summed E-state index contributed by atoms with van der Waals surface area (Å²) in [7, 11) is 1.60. The lowest BCUT2D eigenvalue weighted by molar-refractivity contribution is -0.140. The van der Waals surface area contributed by atoms with E-state index in [0.717, 1.165) is 33.1 Å². The number of likely N-dealkylation sites (tertiary alicyclic amines) is 1. The Balaban J connectivity index is 1.74. The predicted molar refractivity (Wildman–Crippen MR) is 127 cm³/mol. The van der Waals surface area contributed by atoms with Gasteiger partial charge in [0.2, 0.25) is 0 Å². The number of amides is 1. The molecule has 0 bridgehead atoms. The first-order valence-corrected chi connectivity index (χ1v) is 10.9. The highest BCUT2D eigenvalue weighted by molar-refractivity contribution is 6.47. The Hall–Kier alpha value is -3.84. The maximum Gasteiger partial charge on any atom is 0.295 e. The molecule has 7 nitrogen and oxygen atoms in total. The van der Waals surface area contributed by atoms with E-state index in [2.05, 4.69) is 9.97 Å². The van der Waals surface area contributed by atoms with Crippen LogP contribution in [0.5, 0.6) is 0 Å². The fourth-order valence-corrected chi connectivity index (χ4v) is 4.85. The summed E-state index contributed by atoms with van der Waals surface area (Å²) in [6.07, 6.45) is 2.26. The number of ether oxygens (including phenoxy) is 1. The molecule has 3 N–H and O–H groups in total. The van der Waals surface area contributed by atoms with Crippen LogP contribution < -0.4 is 0 Å². The van der Waals surface area contributed by atoms with Crippen molar-refractivity contribution in [3.8, 4) is 0 Å². The van der Waals surface area contributed by atoms with Gasteiger partial charge in [-0.05, 0) is 25.5 Å². The molecule has 1 saturated heterocycles. The van der Waals surface area contributed by atoms with E-state index < -0.39 is 17.7 Å². The van der Waals surface area contributed by atoms with Crippen LogP contribution in [0.3, 0.4) is 0 Å². The van der Waals surface area contributed by atoms with Gasteiger partial charge in [0.15, 0.2) is 0 Å². The monoisotopic (exact) mass is 443 g/mol. The normalized spacial score (nSPS) is 18.1. The van der Waals surface area contributed by atoms with E-state index in [1.807, 2.05) is 55.5 Å². The molecule has 2 aromatic heterocycles.